The molecule has 0 saturated carbocycles. The maximum absolute atomic E-state index is 12.6. The Kier molecular flexibility index (Phi) is 9.78. The van der Waals surface area contributed by atoms with Crippen molar-refractivity contribution in [2.45, 2.75) is 73.1 Å². The summed E-state index contributed by atoms with van der Waals surface area (Å²) in [5, 5.41) is 14.8. The highest BCUT2D eigenvalue weighted by molar-refractivity contribution is 6.03. The number of para-hydroxylation sites is 1. The van der Waals surface area contributed by atoms with Crippen LogP contribution in [-0.2, 0) is 10.8 Å². The van der Waals surface area contributed by atoms with Crippen LogP contribution >= 0.6 is 0 Å². The summed E-state index contributed by atoms with van der Waals surface area (Å²) in [6.07, 6.45) is 1.86. The summed E-state index contributed by atoms with van der Waals surface area (Å²) in [5.41, 5.74) is 17.3. The highest BCUT2D eigenvalue weighted by atomic mass is 16.3. The smallest absolute Gasteiger partial charge is 0.149 e. The number of phenols is 1. The summed E-state index contributed by atoms with van der Waals surface area (Å²) in [6, 6.07) is 51.9. The van der Waals surface area contributed by atoms with Crippen LogP contribution in [0.5, 0.6) is 5.75 Å². The first-order valence-corrected chi connectivity index (χ1v) is 21.3. The number of imidazole rings is 1. The number of nitrogens with zero attached hydrogens (tertiary/aromatic N) is 3. The molecular formula is C57H53N3O. The summed E-state index contributed by atoms with van der Waals surface area (Å²) in [7, 11) is 0. The third-order valence-electron chi connectivity index (χ3n) is 12.1. The number of fused-ring (bicyclic) bond motifs is 2. The molecule has 0 aliphatic rings. The number of rotatable bonds is 6. The molecule has 61 heavy (non-hydrogen) atoms. The van der Waals surface area contributed by atoms with Crippen LogP contribution in [-0.4, -0.2) is 19.6 Å². The molecule has 0 aliphatic heterocycles. The molecule has 7 aromatic carbocycles. The highest BCUT2D eigenvalue weighted by Crippen LogP contribution is 2.47. The topological polar surface area (TPSA) is 50.9 Å². The molecule has 0 saturated heterocycles. The van der Waals surface area contributed by atoms with Crippen LogP contribution in [0.2, 0.25) is 0 Å². The lowest BCUT2D eigenvalue weighted by Gasteiger charge is -2.28. The number of aryl methyl sites for hydroxylation is 3. The van der Waals surface area contributed by atoms with Gasteiger partial charge in [-0.05, 0) is 118 Å². The molecule has 0 aliphatic carbocycles. The molecule has 0 atom stereocenters. The van der Waals surface area contributed by atoms with Gasteiger partial charge in [0.1, 0.15) is 11.6 Å². The van der Waals surface area contributed by atoms with Crippen molar-refractivity contribution < 1.29 is 5.11 Å². The molecule has 4 nitrogen and oxygen atoms in total. The van der Waals surface area contributed by atoms with E-state index >= 15 is 0 Å². The molecular weight excluding hydrogens is 743 g/mol. The van der Waals surface area contributed by atoms with E-state index in [0.717, 1.165) is 77.7 Å². The van der Waals surface area contributed by atoms with Crippen LogP contribution in [0.15, 0.2) is 152 Å². The van der Waals surface area contributed by atoms with Gasteiger partial charge in [-0.15, -0.1) is 0 Å². The monoisotopic (exact) mass is 795 g/mol. The second-order valence-electron chi connectivity index (χ2n) is 18.7. The second-order valence-corrected chi connectivity index (χ2v) is 18.7. The third-order valence-corrected chi connectivity index (χ3v) is 12.1. The number of hydrogen-bond acceptors (Lipinski definition) is 3. The van der Waals surface area contributed by atoms with Crippen LogP contribution < -0.4 is 0 Å². The first kappa shape index (κ1) is 39.7. The molecule has 0 spiro atoms. The van der Waals surface area contributed by atoms with Crippen molar-refractivity contribution in [2.24, 2.45) is 0 Å². The zero-order valence-corrected chi connectivity index (χ0v) is 36.7. The minimum Gasteiger partial charge on any atom is -0.507 e. The lowest BCUT2D eigenvalue weighted by molar-refractivity contribution is 0.446. The number of aromatic nitrogens is 3. The SMILES string of the molecule is Cc1cc(C)c(-c2cc(-c3ccccn3)cc(-c3cccc4c3nc(-c3cc(C(C)(C)C)cc(C(C)(C)C)c3O)n4-c3c(-c4ccccc4)ccc4ccccc34)c2)c(C)c1. The van der Waals surface area contributed by atoms with Gasteiger partial charge in [0.2, 0.25) is 0 Å². The molecule has 4 heteroatoms. The van der Waals surface area contributed by atoms with Crippen molar-refractivity contribution in [1.29, 1.82) is 0 Å². The Labute approximate surface area is 360 Å². The summed E-state index contributed by atoms with van der Waals surface area (Å²) in [5.74, 6) is 0.946. The van der Waals surface area contributed by atoms with Crippen LogP contribution in [0.3, 0.4) is 0 Å². The molecule has 0 bridgehead atoms. The van der Waals surface area contributed by atoms with Gasteiger partial charge in [-0.1, -0.05) is 150 Å². The lowest BCUT2D eigenvalue weighted by Crippen LogP contribution is -2.17. The standard InChI is InChI=1S/C57H53N3O/c1-35-28-36(2)51(37(3)29-35)42-31-40(30-41(32-42)49-23-15-16-27-58-49)44-22-17-24-50-52(44)59-55(47-33-43(56(4,5)6)34-48(54(47)61)57(7,8)9)60(50)53-45-21-14-13-20-39(45)25-26-46(53)38-18-11-10-12-19-38/h10-34,61H,1-9H3. The minimum absolute atomic E-state index is 0.187. The predicted molar refractivity (Wildman–Crippen MR) is 257 cm³/mol. The van der Waals surface area contributed by atoms with Gasteiger partial charge in [-0.25, -0.2) is 4.98 Å². The zero-order chi connectivity index (χ0) is 42.8. The highest BCUT2D eigenvalue weighted by Gasteiger charge is 2.30. The van der Waals surface area contributed by atoms with E-state index in [1.54, 1.807) is 0 Å². The Morgan fingerprint density at radius 1 is 0.541 bits per heavy atom. The number of hydrogen-bond donors (Lipinski definition) is 1. The predicted octanol–water partition coefficient (Wildman–Crippen LogP) is 15.1. The molecule has 1 N–H and O–H groups in total. The van der Waals surface area contributed by atoms with Crippen LogP contribution in [0.4, 0.5) is 0 Å². The van der Waals surface area contributed by atoms with Crippen LogP contribution in [0, 0.1) is 20.8 Å². The molecule has 9 rings (SSSR count). The minimum atomic E-state index is -0.328. The summed E-state index contributed by atoms with van der Waals surface area (Å²) >= 11 is 0. The quantitative estimate of drug-likeness (QED) is 0.182. The molecule has 302 valence electrons. The maximum atomic E-state index is 12.6. The van der Waals surface area contributed by atoms with E-state index in [1.165, 1.54) is 22.3 Å². The summed E-state index contributed by atoms with van der Waals surface area (Å²) < 4.78 is 2.31. The first-order valence-electron chi connectivity index (χ1n) is 21.3. The summed E-state index contributed by atoms with van der Waals surface area (Å²) in [4.78, 5) is 10.5. The second kappa shape index (κ2) is 15.0. The van der Waals surface area contributed by atoms with Crippen LogP contribution in [0.1, 0.15) is 69.4 Å². The normalized spacial score (nSPS) is 12.1. The van der Waals surface area contributed by atoms with Crippen LogP contribution in [0.25, 0.3) is 83.5 Å². The fourth-order valence-electron chi connectivity index (χ4n) is 9.14. The van der Waals surface area contributed by atoms with Gasteiger partial charge in [0, 0.05) is 33.8 Å². The Hall–Kier alpha value is -6.78. The van der Waals surface area contributed by atoms with E-state index in [0.29, 0.717) is 11.4 Å². The van der Waals surface area contributed by atoms with E-state index < -0.39 is 0 Å². The van der Waals surface area contributed by atoms with Crippen molar-refractivity contribution >= 4 is 21.8 Å². The van der Waals surface area contributed by atoms with Crippen molar-refractivity contribution in [1.82, 2.24) is 14.5 Å². The van der Waals surface area contributed by atoms with Crippen molar-refractivity contribution in [2.75, 3.05) is 0 Å². The molecule has 9 aromatic rings. The number of benzene rings is 7. The average molecular weight is 796 g/mol. The number of aromatic hydroxyl groups is 1. The van der Waals surface area contributed by atoms with Gasteiger partial charge >= 0.3 is 0 Å². The van der Waals surface area contributed by atoms with E-state index in [2.05, 4.69) is 200 Å². The first-order chi connectivity index (χ1) is 29.2. The summed E-state index contributed by atoms with van der Waals surface area (Å²) in [6.45, 7) is 19.8. The van der Waals surface area contributed by atoms with E-state index in [9.17, 15) is 5.11 Å². The molecule has 2 aromatic heterocycles. The van der Waals surface area contributed by atoms with Gasteiger partial charge in [0.15, 0.2) is 0 Å². The average Bonchev–Trinajstić information content (AvgIpc) is 3.62. The van der Waals surface area contributed by atoms with E-state index in [-0.39, 0.29) is 16.6 Å². The Morgan fingerprint density at radius 2 is 1.23 bits per heavy atom. The van der Waals surface area contributed by atoms with Crippen molar-refractivity contribution in [3.63, 3.8) is 0 Å². The largest absolute Gasteiger partial charge is 0.507 e. The van der Waals surface area contributed by atoms with Gasteiger partial charge in [-0.3, -0.25) is 9.55 Å². The lowest BCUT2D eigenvalue weighted by atomic mass is 9.79. The molecule has 0 amide bonds. The van der Waals surface area contributed by atoms with Gasteiger partial charge in [-0.2, -0.15) is 0 Å². The van der Waals surface area contributed by atoms with Gasteiger partial charge in [0.05, 0.1) is 28.0 Å². The molecule has 0 radical (unpaired) electrons. The van der Waals surface area contributed by atoms with Crippen molar-refractivity contribution in [3.8, 4) is 67.5 Å². The molecule has 0 unspecified atom stereocenters. The fourth-order valence-corrected chi connectivity index (χ4v) is 9.14. The van der Waals surface area contributed by atoms with E-state index in [4.69, 9.17) is 9.97 Å². The molecule has 0 fully saturated rings. The zero-order valence-electron chi connectivity index (χ0n) is 36.7. The number of phenolic OH excluding ortho intramolecular Hbond substituents is 1. The Balaban J connectivity index is 1.44. The maximum Gasteiger partial charge on any atom is 0.149 e. The van der Waals surface area contributed by atoms with Gasteiger partial charge in [0.25, 0.3) is 0 Å². The van der Waals surface area contributed by atoms with Crippen molar-refractivity contribution in [3.05, 3.63) is 180 Å². The Morgan fingerprint density at radius 3 is 1.93 bits per heavy atom. The van der Waals surface area contributed by atoms with E-state index in [1.807, 2.05) is 18.3 Å². The molecule has 2 heterocycles. The number of pyridine rings is 1. The van der Waals surface area contributed by atoms with Gasteiger partial charge < -0.3 is 5.11 Å². The third kappa shape index (κ3) is 7.20. The Bertz CT molecular complexity index is 3100. The fraction of sp³-hybridized carbons (Fsp3) is 0.193.